The van der Waals surface area contributed by atoms with Gasteiger partial charge in [-0.1, -0.05) is 70.3 Å². The molecule has 0 spiro atoms. The van der Waals surface area contributed by atoms with E-state index in [1.165, 1.54) is 70.3 Å². The fourth-order valence-corrected chi connectivity index (χ4v) is 5.12. The molecular formula is C22H30FN. The highest BCUT2D eigenvalue weighted by atomic mass is 19.1. The maximum atomic E-state index is 14.2. The molecule has 0 bridgehead atoms. The van der Waals surface area contributed by atoms with E-state index in [2.05, 4.69) is 0 Å². The lowest BCUT2D eigenvalue weighted by molar-refractivity contribution is 0.135. The molecule has 0 amide bonds. The van der Waals surface area contributed by atoms with E-state index in [-0.39, 0.29) is 5.82 Å². The van der Waals surface area contributed by atoms with Crippen molar-refractivity contribution < 1.29 is 4.39 Å². The average molecular weight is 327 g/mol. The van der Waals surface area contributed by atoms with E-state index in [1.807, 2.05) is 12.1 Å². The van der Waals surface area contributed by atoms with E-state index >= 15 is 0 Å². The van der Waals surface area contributed by atoms with Gasteiger partial charge in [-0.15, -0.1) is 0 Å². The minimum atomic E-state index is -0.194. The molecule has 2 aliphatic rings. The van der Waals surface area contributed by atoms with E-state index in [9.17, 15) is 4.39 Å². The van der Waals surface area contributed by atoms with Crippen LogP contribution in [0.25, 0.3) is 0 Å². The molecular weight excluding hydrogens is 297 g/mol. The third-order valence-corrected chi connectivity index (χ3v) is 6.44. The number of hydrogen-bond donors (Lipinski definition) is 0. The SMILES string of the molecule is N#Cc1ccc(CCC(C2CCCCC2)C2CCCCC2)c(F)c1. The summed E-state index contributed by atoms with van der Waals surface area (Å²) in [6, 6.07) is 7.00. The van der Waals surface area contributed by atoms with Crippen LogP contribution in [0.3, 0.4) is 0 Å². The maximum Gasteiger partial charge on any atom is 0.127 e. The summed E-state index contributed by atoms with van der Waals surface area (Å²) in [4.78, 5) is 0. The van der Waals surface area contributed by atoms with Crippen LogP contribution in [0, 0.1) is 34.9 Å². The molecule has 2 fully saturated rings. The Kier molecular flexibility index (Phi) is 6.30. The lowest BCUT2D eigenvalue weighted by Crippen LogP contribution is -2.28. The van der Waals surface area contributed by atoms with E-state index in [4.69, 9.17) is 5.26 Å². The number of nitrogens with zero attached hydrogens (tertiary/aromatic N) is 1. The highest BCUT2D eigenvalue weighted by molar-refractivity contribution is 5.32. The smallest absolute Gasteiger partial charge is 0.127 e. The Morgan fingerprint density at radius 3 is 2.04 bits per heavy atom. The molecule has 1 nitrogen and oxygen atoms in total. The van der Waals surface area contributed by atoms with Crippen molar-refractivity contribution in [2.75, 3.05) is 0 Å². The first kappa shape index (κ1) is 17.5. The molecule has 2 aliphatic carbocycles. The van der Waals surface area contributed by atoms with Crippen molar-refractivity contribution in [1.82, 2.24) is 0 Å². The number of aryl methyl sites for hydroxylation is 1. The molecule has 0 radical (unpaired) electrons. The highest BCUT2D eigenvalue weighted by Gasteiger charge is 2.31. The Morgan fingerprint density at radius 2 is 1.54 bits per heavy atom. The fraction of sp³-hybridized carbons (Fsp3) is 0.682. The number of halogens is 1. The van der Waals surface area contributed by atoms with Gasteiger partial charge in [0.15, 0.2) is 0 Å². The van der Waals surface area contributed by atoms with Gasteiger partial charge in [0.05, 0.1) is 11.6 Å². The van der Waals surface area contributed by atoms with Crippen molar-refractivity contribution in [3.8, 4) is 6.07 Å². The molecule has 0 saturated heterocycles. The summed E-state index contributed by atoms with van der Waals surface area (Å²) in [5, 5.41) is 8.89. The van der Waals surface area contributed by atoms with Gasteiger partial charge in [-0.3, -0.25) is 0 Å². The summed E-state index contributed by atoms with van der Waals surface area (Å²) in [6.45, 7) is 0. The Bertz CT molecular complexity index is 544. The quantitative estimate of drug-likeness (QED) is 0.613. The summed E-state index contributed by atoms with van der Waals surface area (Å²) < 4.78 is 14.2. The van der Waals surface area contributed by atoms with Crippen LogP contribution in [0.2, 0.25) is 0 Å². The Balaban J connectivity index is 1.67. The molecule has 0 aromatic heterocycles. The Labute approximate surface area is 146 Å². The molecule has 130 valence electrons. The van der Waals surface area contributed by atoms with Crippen molar-refractivity contribution in [1.29, 1.82) is 5.26 Å². The van der Waals surface area contributed by atoms with Crippen molar-refractivity contribution in [3.63, 3.8) is 0 Å². The maximum absolute atomic E-state index is 14.2. The molecule has 0 atom stereocenters. The predicted octanol–water partition coefficient (Wildman–Crippen LogP) is 6.41. The van der Waals surface area contributed by atoms with E-state index < -0.39 is 0 Å². The summed E-state index contributed by atoms with van der Waals surface area (Å²) in [7, 11) is 0. The van der Waals surface area contributed by atoms with Gasteiger partial charge < -0.3 is 0 Å². The first-order valence-corrected chi connectivity index (χ1v) is 9.96. The molecule has 24 heavy (non-hydrogen) atoms. The minimum absolute atomic E-state index is 0.194. The molecule has 1 aromatic carbocycles. The zero-order chi connectivity index (χ0) is 16.8. The standard InChI is InChI=1S/C22H30FN/c23-22-15-17(16-24)11-12-20(22)13-14-21(18-7-3-1-4-8-18)19-9-5-2-6-10-19/h11-12,15,18-19,21H,1-10,13-14H2. The highest BCUT2D eigenvalue weighted by Crippen LogP contribution is 2.42. The topological polar surface area (TPSA) is 23.8 Å². The van der Waals surface area contributed by atoms with E-state index in [0.717, 1.165) is 36.2 Å². The second-order valence-electron chi connectivity index (χ2n) is 7.92. The third kappa shape index (κ3) is 4.38. The largest absolute Gasteiger partial charge is 0.207 e. The molecule has 3 rings (SSSR count). The summed E-state index contributed by atoms with van der Waals surface area (Å²) in [6.07, 6.45) is 15.8. The fourth-order valence-electron chi connectivity index (χ4n) is 5.12. The first-order valence-electron chi connectivity index (χ1n) is 9.96. The lowest BCUT2D eigenvalue weighted by atomic mass is 9.68. The van der Waals surface area contributed by atoms with Crippen LogP contribution < -0.4 is 0 Å². The molecule has 2 saturated carbocycles. The number of benzene rings is 1. The van der Waals surface area contributed by atoms with Crippen molar-refractivity contribution >= 4 is 0 Å². The van der Waals surface area contributed by atoms with Gasteiger partial charge in [0.2, 0.25) is 0 Å². The van der Waals surface area contributed by atoms with E-state index in [1.54, 1.807) is 6.07 Å². The van der Waals surface area contributed by atoms with Gasteiger partial charge in [-0.05, 0) is 48.3 Å². The minimum Gasteiger partial charge on any atom is -0.207 e. The van der Waals surface area contributed by atoms with E-state index in [0.29, 0.717) is 5.56 Å². The number of rotatable bonds is 5. The normalized spacial score (nSPS) is 20.2. The Morgan fingerprint density at radius 1 is 0.958 bits per heavy atom. The summed E-state index contributed by atoms with van der Waals surface area (Å²) >= 11 is 0. The molecule has 0 heterocycles. The first-order chi connectivity index (χ1) is 11.8. The van der Waals surface area contributed by atoms with Crippen LogP contribution in [0.4, 0.5) is 4.39 Å². The zero-order valence-corrected chi connectivity index (χ0v) is 14.8. The molecule has 0 unspecified atom stereocenters. The molecule has 2 heteroatoms. The second kappa shape index (κ2) is 8.65. The Hall–Kier alpha value is -1.36. The second-order valence-corrected chi connectivity index (χ2v) is 7.92. The third-order valence-electron chi connectivity index (χ3n) is 6.44. The van der Waals surface area contributed by atoms with Crippen molar-refractivity contribution in [3.05, 3.63) is 35.1 Å². The van der Waals surface area contributed by atoms with Crippen LogP contribution in [0.1, 0.15) is 81.8 Å². The van der Waals surface area contributed by atoms with Crippen LogP contribution in [0.15, 0.2) is 18.2 Å². The number of hydrogen-bond acceptors (Lipinski definition) is 1. The van der Waals surface area contributed by atoms with Gasteiger partial charge in [0.1, 0.15) is 5.82 Å². The number of nitriles is 1. The predicted molar refractivity (Wildman–Crippen MR) is 96.1 cm³/mol. The van der Waals surface area contributed by atoms with Crippen molar-refractivity contribution in [2.24, 2.45) is 17.8 Å². The van der Waals surface area contributed by atoms with Crippen LogP contribution in [-0.4, -0.2) is 0 Å². The van der Waals surface area contributed by atoms with Crippen LogP contribution in [-0.2, 0) is 6.42 Å². The monoisotopic (exact) mass is 327 g/mol. The molecule has 1 aromatic rings. The van der Waals surface area contributed by atoms with Crippen LogP contribution in [0.5, 0.6) is 0 Å². The summed E-state index contributed by atoms with van der Waals surface area (Å²) in [5.74, 6) is 2.31. The van der Waals surface area contributed by atoms with Gasteiger partial charge in [0, 0.05) is 0 Å². The average Bonchev–Trinajstić information content (AvgIpc) is 2.65. The van der Waals surface area contributed by atoms with Crippen LogP contribution >= 0.6 is 0 Å². The molecule has 0 aliphatic heterocycles. The summed E-state index contributed by atoms with van der Waals surface area (Å²) in [5.41, 5.74) is 1.22. The van der Waals surface area contributed by atoms with Gasteiger partial charge in [0.25, 0.3) is 0 Å². The molecule has 0 N–H and O–H groups in total. The lowest BCUT2D eigenvalue weighted by Gasteiger charge is -2.38. The van der Waals surface area contributed by atoms with Gasteiger partial charge in [-0.25, -0.2) is 4.39 Å². The van der Waals surface area contributed by atoms with Gasteiger partial charge in [-0.2, -0.15) is 5.26 Å². The van der Waals surface area contributed by atoms with Gasteiger partial charge >= 0.3 is 0 Å². The van der Waals surface area contributed by atoms with Crippen molar-refractivity contribution in [2.45, 2.75) is 77.0 Å². The zero-order valence-electron chi connectivity index (χ0n) is 14.8.